The Labute approximate surface area is 85.4 Å². The Bertz CT molecular complexity index is 261. The molecule has 14 heavy (non-hydrogen) atoms. The second-order valence-corrected chi connectivity index (χ2v) is 4.19. The molecule has 0 saturated carbocycles. The van der Waals surface area contributed by atoms with Crippen molar-refractivity contribution in [3.05, 3.63) is 0 Å². The molecule has 2 heterocycles. The van der Waals surface area contributed by atoms with Crippen molar-refractivity contribution in [2.24, 2.45) is 5.92 Å². The Hall–Kier alpha value is -0.560. The maximum absolute atomic E-state index is 5.87. The van der Waals surface area contributed by atoms with Gasteiger partial charge in [-0.3, -0.25) is 4.90 Å². The quantitative estimate of drug-likeness (QED) is 0.531. The minimum Gasteiger partial charge on any atom is -0.377 e. The van der Waals surface area contributed by atoms with Gasteiger partial charge in [0.15, 0.2) is 0 Å². The zero-order chi connectivity index (χ0) is 10.2. The van der Waals surface area contributed by atoms with Gasteiger partial charge in [-0.2, -0.15) is 0 Å². The lowest BCUT2D eigenvalue weighted by molar-refractivity contribution is -0.186. The van der Waals surface area contributed by atoms with Crippen molar-refractivity contribution in [2.75, 3.05) is 26.9 Å². The van der Waals surface area contributed by atoms with Crippen molar-refractivity contribution in [3.63, 3.8) is 0 Å². The maximum atomic E-state index is 5.87. The molecule has 2 rings (SSSR count). The summed E-state index contributed by atoms with van der Waals surface area (Å²) < 4.78 is 11.4. The number of likely N-dealkylation sites (N-methyl/N-ethyl adjacent to an activating group) is 1. The SMILES string of the molecule is C#C[C@@H]1CO[C@]2(COCC[C@@H]2C)N1C. The Balaban J connectivity index is 2.19. The standard InChI is InChI=1S/C11H17NO2/c1-4-10-7-14-11(12(10)3)8-13-6-5-9(11)2/h1,9-10H,5-8H2,2-3H3/t9-,10+,11-/m0/s1. The molecule has 78 valence electrons. The van der Waals surface area contributed by atoms with E-state index in [2.05, 4.69) is 17.7 Å². The van der Waals surface area contributed by atoms with Crippen LogP contribution in [0.25, 0.3) is 0 Å². The molecule has 0 aliphatic carbocycles. The smallest absolute Gasteiger partial charge is 0.148 e. The average Bonchev–Trinajstić information content (AvgIpc) is 2.51. The van der Waals surface area contributed by atoms with Gasteiger partial charge in [-0.1, -0.05) is 12.8 Å². The highest BCUT2D eigenvalue weighted by molar-refractivity contribution is 5.08. The fourth-order valence-electron chi connectivity index (χ4n) is 2.34. The first-order chi connectivity index (χ1) is 6.70. The third-order valence-corrected chi connectivity index (χ3v) is 3.52. The summed E-state index contributed by atoms with van der Waals surface area (Å²) in [7, 11) is 2.03. The molecule has 0 unspecified atom stereocenters. The molecule has 0 aromatic heterocycles. The monoisotopic (exact) mass is 195 g/mol. The zero-order valence-corrected chi connectivity index (χ0v) is 8.82. The number of nitrogens with zero attached hydrogens (tertiary/aromatic N) is 1. The molecule has 0 radical (unpaired) electrons. The molecule has 0 bridgehead atoms. The van der Waals surface area contributed by atoms with E-state index in [0.717, 1.165) is 13.0 Å². The lowest BCUT2D eigenvalue weighted by Gasteiger charge is -2.43. The van der Waals surface area contributed by atoms with Crippen molar-refractivity contribution >= 4 is 0 Å². The summed E-state index contributed by atoms with van der Waals surface area (Å²) in [5.74, 6) is 3.24. The van der Waals surface area contributed by atoms with Crippen LogP contribution in [0, 0.1) is 18.3 Å². The Morgan fingerprint density at radius 1 is 1.57 bits per heavy atom. The molecule has 3 nitrogen and oxygen atoms in total. The molecule has 2 fully saturated rings. The van der Waals surface area contributed by atoms with E-state index in [1.165, 1.54) is 0 Å². The Kier molecular flexibility index (Phi) is 2.52. The molecular weight excluding hydrogens is 178 g/mol. The van der Waals surface area contributed by atoms with Crippen molar-refractivity contribution in [1.29, 1.82) is 0 Å². The van der Waals surface area contributed by atoms with E-state index in [0.29, 0.717) is 19.1 Å². The van der Waals surface area contributed by atoms with Gasteiger partial charge < -0.3 is 9.47 Å². The molecule has 3 atom stereocenters. The van der Waals surface area contributed by atoms with Gasteiger partial charge in [-0.05, 0) is 13.5 Å². The van der Waals surface area contributed by atoms with Crippen LogP contribution in [0.3, 0.4) is 0 Å². The molecule has 2 aliphatic heterocycles. The van der Waals surface area contributed by atoms with Crippen LogP contribution in [0.4, 0.5) is 0 Å². The summed E-state index contributed by atoms with van der Waals surface area (Å²) in [6.07, 6.45) is 6.49. The molecule has 2 aliphatic rings. The van der Waals surface area contributed by atoms with Crippen LogP contribution in [0.5, 0.6) is 0 Å². The van der Waals surface area contributed by atoms with Crippen LogP contribution in [-0.2, 0) is 9.47 Å². The summed E-state index contributed by atoms with van der Waals surface area (Å²) >= 11 is 0. The van der Waals surface area contributed by atoms with Gasteiger partial charge in [-0.25, -0.2) is 0 Å². The fourth-order valence-corrected chi connectivity index (χ4v) is 2.34. The Morgan fingerprint density at radius 2 is 2.36 bits per heavy atom. The zero-order valence-electron chi connectivity index (χ0n) is 8.82. The van der Waals surface area contributed by atoms with Crippen LogP contribution < -0.4 is 0 Å². The van der Waals surface area contributed by atoms with E-state index >= 15 is 0 Å². The molecule has 0 N–H and O–H groups in total. The highest BCUT2D eigenvalue weighted by Crippen LogP contribution is 2.37. The number of hydrogen-bond acceptors (Lipinski definition) is 3. The first-order valence-corrected chi connectivity index (χ1v) is 5.11. The number of terminal acetylenes is 1. The predicted molar refractivity (Wildman–Crippen MR) is 53.7 cm³/mol. The predicted octanol–water partition coefficient (Wildman–Crippen LogP) is 0.703. The second-order valence-electron chi connectivity index (χ2n) is 4.19. The van der Waals surface area contributed by atoms with Gasteiger partial charge in [0.2, 0.25) is 0 Å². The average molecular weight is 195 g/mol. The van der Waals surface area contributed by atoms with Crippen LogP contribution in [0.15, 0.2) is 0 Å². The van der Waals surface area contributed by atoms with Crippen LogP contribution in [0.2, 0.25) is 0 Å². The summed E-state index contributed by atoms with van der Waals surface area (Å²) in [6.45, 7) is 4.31. The van der Waals surface area contributed by atoms with E-state index in [4.69, 9.17) is 15.9 Å². The highest BCUT2D eigenvalue weighted by Gasteiger charge is 2.50. The minimum atomic E-state index is -0.269. The van der Waals surface area contributed by atoms with Crippen molar-refractivity contribution in [2.45, 2.75) is 25.1 Å². The first kappa shape index (κ1) is 9.97. The van der Waals surface area contributed by atoms with E-state index in [1.807, 2.05) is 7.05 Å². The van der Waals surface area contributed by atoms with Crippen molar-refractivity contribution < 1.29 is 9.47 Å². The minimum absolute atomic E-state index is 0.0964. The summed E-state index contributed by atoms with van der Waals surface area (Å²) in [5, 5.41) is 0. The van der Waals surface area contributed by atoms with Crippen LogP contribution in [0.1, 0.15) is 13.3 Å². The van der Waals surface area contributed by atoms with Gasteiger partial charge in [0.25, 0.3) is 0 Å². The van der Waals surface area contributed by atoms with E-state index in [1.54, 1.807) is 0 Å². The van der Waals surface area contributed by atoms with Crippen LogP contribution in [-0.4, -0.2) is 43.5 Å². The second kappa shape index (κ2) is 3.54. The summed E-state index contributed by atoms with van der Waals surface area (Å²) in [4.78, 5) is 2.15. The molecule has 1 spiro atoms. The van der Waals surface area contributed by atoms with Crippen molar-refractivity contribution in [3.8, 4) is 12.3 Å². The van der Waals surface area contributed by atoms with Gasteiger partial charge in [-0.15, -0.1) is 6.42 Å². The number of ether oxygens (including phenoxy) is 2. The third kappa shape index (κ3) is 1.26. The molecule has 3 heteroatoms. The molecule has 0 aromatic rings. The summed E-state index contributed by atoms with van der Waals surface area (Å²) in [5.41, 5.74) is -0.269. The first-order valence-electron chi connectivity index (χ1n) is 5.11. The lowest BCUT2D eigenvalue weighted by atomic mass is 9.92. The normalized spacial score (nSPS) is 44.1. The van der Waals surface area contributed by atoms with Gasteiger partial charge in [0.05, 0.1) is 19.3 Å². The van der Waals surface area contributed by atoms with E-state index in [-0.39, 0.29) is 11.8 Å². The van der Waals surface area contributed by atoms with Gasteiger partial charge >= 0.3 is 0 Å². The van der Waals surface area contributed by atoms with Crippen molar-refractivity contribution in [1.82, 2.24) is 4.90 Å². The molecule has 0 amide bonds. The van der Waals surface area contributed by atoms with Gasteiger partial charge in [0.1, 0.15) is 5.72 Å². The molecular formula is C11H17NO2. The molecule has 2 saturated heterocycles. The molecule has 0 aromatic carbocycles. The largest absolute Gasteiger partial charge is 0.377 e. The van der Waals surface area contributed by atoms with E-state index < -0.39 is 0 Å². The summed E-state index contributed by atoms with van der Waals surface area (Å²) in [6, 6.07) is 0.0964. The topological polar surface area (TPSA) is 21.7 Å². The van der Waals surface area contributed by atoms with Crippen LogP contribution >= 0.6 is 0 Å². The van der Waals surface area contributed by atoms with E-state index in [9.17, 15) is 0 Å². The number of rotatable bonds is 0. The number of hydrogen-bond donors (Lipinski definition) is 0. The van der Waals surface area contributed by atoms with Gasteiger partial charge in [0, 0.05) is 12.5 Å². The highest BCUT2D eigenvalue weighted by atomic mass is 16.6. The lowest BCUT2D eigenvalue weighted by Crippen LogP contribution is -2.56. The Morgan fingerprint density at radius 3 is 2.93 bits per heavy atom. The maximum Gasteiger partial charge on any atom is 0.148 e. The third-order valence-electron chi connectivity index (χ3n) is 3.52. The fraction of sp³-hybridized carbons (Fsp3) is 0.818.